The number of H-pyrrole nitrogens is 1. The van der Waals surface area contributed by atoms with Gasteiger partial charge in [-0.2, -0.15) is 15.4 Å². The lowest BCUT2D eigenvalue weighted by Gasteiger charge is -2.29. The van der Waals surface area contributed by atoms with Crippen molar-refractivity contribution in [3.05, 3.63) is 11.9 Å². The van der Waals surface area contributed by atoms with Crippen molar-refractivity contribution in [2.45, 2.75) is 19.5 Å². The number of nitrogens with one attached hydrogen (secondary N) is 2. The molecule has 6 nitrogen and oxygen atoms in total. The number of hydrogen-bond donors (Lipinski definition) is 2. The van der Waals surface area contributed by atoms with Crippen molar-refractivity contribution < 1.29 is 4.74 Å². The summed E-state index contributed by atoms with van der Waals surface area (Å²) in [7, 11) is 0. The molecule has 6 heteroatoms. The van der Waals surface area contributed by atoms with Crippen molar-refractivity contribution in [2.24, 2.45) is 0 Å². The Morgan fingerprint density at radius 2 is 2.38 bits per heavy atom. The molecule has 0 bridgehead atoms. The molecule has 16 heavy (non-hydrogen) atoms. The molecule has 0 amide bonds. The minimum Gasteiger partial charge on any atom is -0.379 e. The summed E-state index contributed by atoms with van der Waals surface area (Å²) in [6, 6.07) is 0.454. The van der Waals surface area contributed by atoms with Crippen LogP contribution in [0.3, 0.4) is 0 Å². The Kier molecular flexibility index (Phi) is 4.26. The second-order valence-electron chi connectivity index (χ2n) is 4.16. The van der Waals surface area contributed by atoms with Gasteiger partial charge >= 0.3 is 0 Å². The summed E-state index contributed by atoms with van der Waals surface area (Å²) in [6.07, 6.45) is 1.74. The fourth-order valence-corrected chi connectivity index (χ4v) is 1.82. The smallest absolute Gasteiger partial charge is 0.0962 e. The molecule has 1 saturated heterocycles. The summed E-state index contributed by atoms with van der Waals surface area (Å²) >= 11 is 0. The molecule has 0 aromatic carbocycles. The summed E-state index contributed by atoms with van der Waals surface area (Å²) < 4.78 is 5.32. The molecule has 1 unspecified atom stereocenters. The van der Waals surface area contributed by atoms with Crippen molar-refractivity contribution >= 4 is 0 Å². The zero-order valence-electron chi connectivity index (χ0n) is 9.65. The predicted octanol–water partition coefficient (Wildman–Crippen LogP) is -0.385. The molecule has 2 rings (SSSR count). The molecule has 0 aliphatic carbocycles. The van der Waals surface area contributed by atoms with Crippen LogP contribution in [0.2, 0.25) is 0 Å². The van der Waals surface area contributed by atoms with E-state index in [2.05, 4.69) is 32.6 Å². The van der Waals surface area contributed by atoms with E-state index in [1.807, 2.05) is 0 Å². The molecule has 1 fully saturated rings. The Hall–Kier alpha value is -0.980. The summed E-state index contributed by atoms with van der Waals surface area (Å²) in [5.74, 6) is 0. The highest BCUT2D eigenvalue weighted by Crippen LogP contribution is 1.99. The van der Waals surface area contributed by atoms with Crippen LogP contribution in [0.15, 0.2) is 6.20 Å². The molecule has 2 N–H and O–H groups in total. The van der Waals surface area contributed by atoms with Gasteiger partial charge in [-0.1, -0.05) is 0 Å². The van der Waals surface area contributed by atoms with Crippen molar-refractivity contribution in [3.63, 3.8) is 0 Å². The van der Waals surface area contributed by atoms with Gasteiger partial charge in [-0.15, -0.1) is 0 Å². The van der Waals surface area contributed by atoms with Crippen LogP contribution in [0.25, 0.3) is 0 Å². The third-order valence-corrected chi connectivity index (χ3v) is 2.73. The van der Waals surface area contributed by atoms with E-state index in [0.717, 1.165) is 45.1 Å². The molecule has 0 radical (unpaired) electrons. The number of aromatic nitrogens is 3. The van der Waals surface area contributed by atoms with Crippen LogP contribution in [0.4, 0.5) is 0 Å². The maximum Gasteiger partial charge on any atom is 0.0962 e. The third-order valence-electron chi connectivity index (χ3n) is 2.73. The molecule has 1 aliphatic heterocycles. The van der Waals surface area contributed by atoms with E-state index in [9.17, 15) is 0 Å². The SMILES string of the molecule is CC(CN1CCOCC1)NCc1cn[nH]n1. The number of morpholine rings is 1. The largest absolute Gasteiger partial charge is 0.379 e. The highest BCUT2D eigenvalue weighted by atomic mass is 16.5. The molecule has 0 spiro atoms. The topological polar surface area (TPSA) is 66.1 Å². The van der Waals surface area contributed by atoms with Crippen LogP contribution in [0, 0.1) is 0 Å². The van der Waals surface area contributed by atoms with E-state index in [-0.39, 0.29) is 0 Å². The summed E-state index contributed by atoms with van der Waals surface area (Å²) in [4.78, 5) is 2.42. The van der Waals surface area contributed by atoms with Gasteiger partial charge in [0.05, 0.1) is 25.1 Å². The van der Waals surface area contributed by atoms with Gasteiger partial charge in [0.1, 0.15) is 0 Å². The van der Waals surface area contributed by atoms with Crippen LogP contribution >= 0.6 is 0 Å². The number of rotatable bonds is 5. The molecule has 2 heterocycles. The average molecular weight is 225 g/mol. The Morgan fingerprint density at radius 3 is 3.06 bits per heavy atom. The fraction of sp³-hybridized carbons (Fsp3) is 0.800. The molecular weight excluding hydrogens is 206 g/mol. The van der Waals surface area contributed by atoms with Gasteiger partial charge in [0.15, 0.2) is 0 Å². The van der Waals surface area contributed by atoms with Crippen LogP contribution in [-0.2, 0) is 11.3 Å². The Bertz CT molecular complexity index is 283. The molecule has 1 aromatic rings. The van der Waals surface area contributed by atoms with Gasteiger partial charge in [-0.25, -0.2) is 0 Å². The highest BCUT2D eigenvalue weighted by Gasteiger charge is 2.13. The third kappa shape index (κ3) is 3.55. The standard InChI is InChI=1S/C10H19N5O/c1-9(8-15-2-4-16-5-3-15)11-6-10-7-12-14-13-10/h7,9,11H,2-6,8H2,1H3,(H,12,13,14). The zero-order chi connectivity index (χ0) is 11.2. The lowest BCUT2D eigenvalue weighted by atomic mass is 10.3. The lowest BCUT2D eigenvalue weighted by molar-refractivity contribution is 0.0343. The van der Waals surface area contributed by atoms with Gasteiger partial charge in [0, 0.05) is 32.2 Å². The maximum atomic E-state index is 5.32. The average Bonchev–Trinajstić information content (AvgIpc) is 2.81. The minimum absolute atomic E-state index is 0.454. The number of nitrogens with zero attached hydrogens (tertiary/aromatic N) is 3. The summed E-state index contributed by atoms with van der Waals surface area (Å²) in [5.41, 5.74) is 0.953. The number of ether oxygens (including phenoxy) is 1. The Balaban J connectivity index is 1.65. The van der Waals surface area contributed by atoms with Crippen LogP contribution in [0.1, 0.15) is 12.6 Å². The number of hydrogen-bond acceptors (Lipinski definition) is 5. The van der Waals surface area contributed by atoms with E-state index < -0.39 is 0 Å². The van der Waals surface area contributed by atoms with E-state index in [4.69, 9.17) is 4.74 Å². The van der Waals surface area contributed by atoms with Crippen LogP contribution in [0.5, 0.6) is 0 Å². The summed E-state index contributed by atoms with van der Waals surface area (Å²) in [5, 5.41) is 13.8. The monoisotopic (exact) mass is 225 g/mol. The Morgan fingerprint density at radius 1 is 1.56 bits per heavy atom. The van der Waals surface area contributed by atoms with E-state index in [1.54, 1.807) is 6.20 Å². The van der Waals surface area contributed by atoms with Crippen LogP contribution in [-0.4, -0.2) is 59.2 Å². The second-order valence-corrected chi connectivity index (χ2v) is 4.16. The lowest BCUT2D eigenvalue weighted by Crippen LogP contribution is -2.44. The first-order valence-corrected chi connectivity index (χ1v) is 5.73. The molecule has 0 saturated carbocycles. The highest BCUT2D eigenvalue weighted by molar-refractivity contribution is 4.90. The van der Waals surface area contributed by atoms with Gasteiger partial charge in [-0.05, 0) is 6.92 Å². The second kappa shape index (κ2) is 5.93. The molecule has 1 aromatic heterocycles. The van der Waals surface area contributed by atoms with Crippen molar-refractivity contribution in [3.8, 4) is 0 Å². The quantitative estimate of drug-likeness (QED) is 0.715. The minimum atomic E-state index is 0.454. The van der Waals surface area contributed by atoms with Gasteiger partial charge in [0.2, 0.25) is 0 Å². The fourth-order valence-electron chi connectivity index (χ4n) is 1.82. The van der Waals surface area contributed by atoms with Crippen molar-refractivity contribution in [2.75, 3.05) is 32.8 Å². The predicted molar refractivity (Wildman–Crippen MR) is 59.9 cm³/mol. The molecular formula is C10H19N5O. The molecule has 1 atom stereocenters. The first-order chi connectivity index (χ1) is 7.84. The van der Waals surface area contributed by atoms with Gasteiger partial charge < -0.3 is 10.1 Å². The van der Waals surface area contributed by atoms with Crippen molar-refractivity contribution in [1.29, 1.82) is 0 Å². The van der Waals surface area contributed by atoms with E-state index in [1.165, 1.54) is 0 Å². The number of aromatic amines is 1. The zero-order valence-corrected chi connectivity index (χ0v) is 9.65. The first kappa shape index (κ1) is 11.5. The van der Waals surface area contributed by atoms with Gasteiger partial charge in [0.25, 0.3) is 0 Å². The summed E-state index contributed by atoms with van der Waals surface area (Å²) in [6.45, 7) is 7.80. The Labute approximate surface area is 95.4 Å². The maximum absolute atomic E-state index is 5.32. The van der Waals surface area contributed by atoms with Gasteiger partial charge in [-0.3, -0.25) is 4.90 Å². The normalized spacial score (nSPS) is 19.8. The molecule has 1 aliphatic rings. The van der Waals surface area contributed by atoms with Crippen LogP contribution < -0.4 is 5.32 Å². The first-order valence-electron chi connectivity index (χ1n) is 5.73. The van der Waals surface area contributed by atoms with Crippen molar-refractivity contribution in [1.82, 2.24) is 25.6 Å². The molecule has 90 valence electrons. The van der Waals surface area contributed by atoms with E-state index >= 15 is 0 Å². The van der Waals surface area contributed by atoms with E-state index in [0.29, 0.717) is 6.04 Å².